The van der Waals surface area contributed by atoms with Gasteiger partial charge in [0.05, 0.1) is 0 Å². The molecule has 0 bridgehead atoms. The van der Waals surface area contributed by atoms with Crippen LogP contribution in [-0.4, -0.2) is 0 Å². The number of halogens is 2. The van der Waals surface area contributed by atoms with Crippen molar-refractivity contribution >= 4 is 38.9 Å². The lowest BCUT2D eigenvalue weighted by Crippen LogP contribution is -1.95. The summed E-state index contributed by atoms with van der Waals surface area (Å²) in [6.07, 6.45) is 0.847. The van der Waals surface area contributed by atoms with E-state index in [-0.39, 0.29) is 0 Å². The van der Waals surface area contributed by atoms with E-state index in [0.717, 1.165) is 27.0 Å². The number of rotatable bonds is 4. The third-order valence-corrected chi connectivity index (χ3v) is 5.48. The minimum absolute atomic E-state index is 0.569. The number of thiophene rings is 1. The van der Waals surface area contributed by atoms with Gasteiger partial charge in [0.1, 0.15) is 0 Å². The maximum atomic E-state index is 6.28. The van der Waals surface area contributed by atoms with E-state index in [1.165, 1.54) is 15.3 Å². The molecule has 0 atom stereocenters. The summed E-state index contributed by atoms with van der Waals surface area (Å²) >= 11 is 11.6. The molecule has 112 valence electrons. The average molecular weight is 393 g/mol. The predicted molar refractivity (Wildman–Crippen MR) is 99.6 cm³/mol. The molecule has 1 aromatic heterocycles. The van der Waals surface area contributed by atoms with E-state index in [1.807, 2.05) is 12.1 Å². The summed E-state index contributed by atoms with van der Waals surface area (Å²) in [6.45, 7) is 0.569. The van der Waals surface area contributed by atoms with E-state index in [4.69, 9.17) is 17.3 Å². The molecule has 0 aliphatic carbocycles. The molecular weight excluding hydrogens is 378 g/mol. The lowest BCUT2D eigenvalue weighted by Gasteiger charge is -2.03. The highest BCUT2D eigenvalue weighted by atomic mass is 79.9. The lowest BCUT2D eigenvalue weighted by atomic mass is 10.1. The van der Waals surface area contributed by atoms with Crippen LogP contribution in [0.4, 0.5) is 0 Å². The Bertz CT molecular complexity index is 797. The van der Waals surface area contributed by atoms with Gasteiger partial charge in [-0.25, -0.2) is 0 Å². The Morgan fingerprint density at radius 1 is 1.05 bits per heavy atom. The van der Waals surface area contributed by atoms with Crippen LogP contribution in [0.5, 0.6) is 0 Å². The van der Waals surface area contributed by atoms with Gasteiger partial charge in [-0.05, 0) is 53.1 Å². The SMILES string of the molecule is NCc1cccc(-c2ccc(Cc3cc(Br)ccc3Cl)s2)c1. The number of hydrogen-bond donors (Lipinski definition) is 1. The van der Waals surface area contributed by atoms with Crippen molar-refractivity contribution in [2.24, 2.45) is 5.73 Å². The Morgan fingerprint density at radius 3 is 2.73 bits per heavy atom. The van der Waals surface area contributed by atoms with Gasteiger partial charge in [0, 0.05) is 32.2 Å². The Morgan fingerprint density at radius 2 is 1.91 bits per heavy atom. The molecule has 0 fully saturated rings. The van der Waals surface area contributed by atoms with Crippen LogP contribution in [0.3, 0.4) is 0 Å². The Kier molecular flexibility index (Phi) is 4.99. The van der Waals surface area contributed by atoms with Gasteiger partial charge < -0.3 is 5.73 Å². The molecule has 1 heterocycles. The van der Waals surface area contributed by atoms with Gasteiger partial charge in [-0.2, -0.15) is 0 Å². The normalized spacial score (nSPS) is 10.9. The maximum Gasteiger partial charge on any atom is 0.0442 e. The fourth-order valence-corrected chi connectivity index (χ4v) is 3.97. The van der Waals surface area contributed by atoms with Crippen LogP contribution in [0.25, 0.3) is 10.4 Å². The lowest BCUT2D eigenvalue weighted by molar-refractivity contribution is 1.07. The molecular formula is C18H15BrClNS. The summed E-state index contributed by atoms with van der Waals surface area (Å²) in [5, 5.41) is 0.809. The van der Waals surface area contributed by atoms with Crippen LogP contribution in [0.15, 0.2) is 59.1 Å². The highest BCUT2D eigenvalue weighted by Crippen LogP contribution is 2.31. The molecule has 0 amide bonds. The van der Waals surface area contributed by atoms with Gasteiger partial charge in [-0.15, -0.1) is 11.3 Å². The quantitative estimate of drug-likeness (QED) is 0.589. The number of hydrogen-bond acceptors (Lipinski definition) is 2. The zero-order valence-corrected chi connectivity index (χ0v) is 15.0. The van der Waals surface area contributed by atoms with Gasteiger partial charge >= 0.3 is 0 Å². The van der Waals surface area contributed by atoms with Crippen molar-refractivity contribution in [1.82, 2.24) is 0 Å². The molecule has 4 heteroatoms. The molecule has 0 saturated carbocycles. The van der Waals surface area contributed by atoms with Crippen LogP contribution < -0.4 is 5.73 Å². The Hall–Kier alpha value is -1.13. The topological polar surface area (TPSA) is 26.0 Å². The van der Waals surface area contributed by atoms with E-state index in [9.17, 15) is 0 Å². The van der Waals surface area contributed by atoms with Crippen molar-refractivity contribution in [3.8, 4) is 10.4 Å². The average Bonchev–Trinajstić information content (AvgIpc) is 2.99. The molecule has 0 saturated heterocycles. The summed E-state index contributed by atoms with van der Waals surface area (Å²) < 4.78 is 1.05. The summed E-state index contributed by atoms with van der Waals surface area (Å²) in [7, 11) is 0. The standard InChI is InChI=1S/C18H15BrClNS/c19-15-4-6-17(20)14(9-15)10-16-5-7-18(22-16)13-3-1-2-12(8-13)11-21/h1-9H,10-11,21H2. The second kappa shape index (κ2) is 6.97. The molecule has 0 unspecified atom stereocenters. The van der Waals surface area contributed by atoms with E-state index < -0.39 is 0 Å². The largest absolute Gasteiger partial charge is 0.326 e. The minimum atomic E-state index is 0.569. The maximum absolute atomic E-state index is 6.28. The molecule has 0 aliphatic rings. The summed E-state index contributed by atoms with van der Waals surface area (Å²) in [5.74, 6) is 0. The highest BCUT2D eigenvalue weighted by Gasteiger charge is 2.07. The van der Waals surface area contributed by atoms with E-state index in [2.05, 4.69) is 58.4 Å². The Balaban J connectivity index is 1.86. The third kappa shape index (κ3) is 3.61. The van der Waals surface area contributed by atoms with Crippen LogP contribution >= 0.6 is 38.9 Å². The van der Waals surface area contributed by atoms with Crippen LogP contribution in [0.2, 0.25) is 5.02 Å². The van der Waals surface area contributed by atoms with Gasteiger partial charge in [-0.3, -0.25) is 0 Å². The predicted octanol–water partition coefficient (Wildman–Crippen LogP) is 5.88. The molecule has 3 aromatic rings. The molecule has 22 heavy (non-hydrogen) atoms. The van der Waals surface area contributed by atoms with E-state index >= 15 is 0 Å². The molecule has 0 radical (unpaired) electrons. The monoisotopic (exact) mass is 391 g/mol. The minimum Gasteiger partial charge on any atom is -0.326 e. The molecule has 2 N–H and O–H groups in total. The van der Waals surface area contributed by atoms with E-state index in [1.54, 1.807) is 11.3 Å². The van der Waals surface area contributed by atoms with Crippen LogP contribution in [0, 0.1) is 0 Å². The first kappa shape index (κ1) is 15.8. The highest BCUT2D eigenvalue weighted by molar-refractivity contribution is 9.10. The van der Waals surface area contributed by atoms with Crippen molar-refractivity contribution in [2.75, 3.05) is 0 Å². The Labute approximate surface area is 147 Å². The van der Waals surface area contributed by atoms with Crippen molar-refractivity contribution in [3.63, 3.8) is 0 Å². The zero-order valence-electron chi connectivity index (χ0n) is 11.9. The first-order valence-electron chi connectivity index (χ1n) is 6.98. The molecule has 0 aliphatic heterocycles. The van der Waals surface area contributed by atoms with Gasteiger partial charge in [0.2, 0.25) is 0 Å². The van der Waals surface area contributed by atoms with Gasteiger partial charge in [0.25, 0.3) is 0 Å². The first-order valence-corrected chi connectivity index (χ1v) is 8.96. The zero-order chi connectivity index (χ0) is 15.5. The van der Waals surface area contributed by atoms with Crippen LogP contribution in [-0.2, 0) is 13.0 Å². The second-order valence-electron chi connectivity index (χ2n) is 5.08. The molecule has 3 rings (SSSR count). The first-order chi connectivity index (χ1) is 10.7. The third-order valence-electron chi connectivity index (χ3n) is 3.48. The van der Waals surface area contributed by atoms with Crippen molar-refractivity contribution in [3.05, 3.63) is 80.1 Å². The summed E-state index contributed by atoms with van der Waals surface area (Å²) in [4.78, 5) is 2.56. The van der Waals surface area contributed by atoms with E-state index in [0.29, 0.717) is 6.54 Å². The number of benzene rings is 2. The smallest absolute Gasteiger partial charge is 0.0442 e. The van der Waals surface area contributed by atoms with Crippen molar-refractivity contribution in [1.29, 1.82) is 0 Å². The van der Waals surface area contributed by atoms with Crippen LogP contribution in [0.1, 0.15) is 16.0 Å². The molecule has 1 nitrogen and oxygen atoms in total. The van der Waals surface area contributed by atoms with Crippen molar-refractivity contribution < 1.29 is 0 Å². The fraction of sp³-hybridized carbons (Fsp3) is 0.111. The van der Waals surface area contributed by atoms with Gasteiger partial charge in [0.15, 0.2) is 0 Å². The summed E-state index contributed by atoms with van der Waals surface area (Å²) in [5.41, 5.74) is 9.24. The fourth-order valence-electron chi connectivity index (χ4n) is 2.35. The molecule has 2 aromatic carbocycles. The summed E-state index contributed by atoms with van der Waals surface area (Å²) in [6, 6.07) is 18.7. The molecule has 0 spiro atoms. The second-order valence-corrected chi connectivity index (χ2v) is 7.57. The number of nitrogens with two attached hydrogens (primary N) is 1. The van der Waals surface area contributed by atoms with Crippen molar-refractivity contribution in [2.45, 2.75) is 13.0 Å². The van der Waals surface area contributed by atoms with Gasteiger partial charge in [-0.1, -0.05) is 45.7 Å².